The Labute approximate surface area is 110 Å². The lowest BCUT2D eigenvalue weighted by Crippen LogP contribution is -1.98. The van der Waals surface area contributed by atoms with Gasteiger partial charge in [0, 0.05) is 12.3 Å². The highest BCUT2D eigenvalue weighted by molar-refractivity contribution is 5.49. The van der Waals surface area contributed by atoms with Gasteiger partial charge in [-0.15, -0.1) is 0 Å². The Hall–Kier alpha value is -2.17. The van der Waals surface area contributed by atoms with Crippen LogP contribution in [0.25, 0.3) is 0 Å². The van der Waals surface area contributed by atoms with E-state index in [9.17, 15) is 8.78 Å². The van der Waals surface area contributed by atoms with Crippen LogP contribution in [0.15, 0.2) is 30.5 Å². The molecule has 3 nitrogen and oxygen atoms in total. The SMILES string of the molecule is CCCc1cnc(N)c(Oc2ccc(F)cc2F)c1. The lowest BCUT2D eigenvalue weighted by molar-refractivity contribution is 0.437. The van der Waals surface area contributed by atoms with Crippen LogP contribution < -0.4 is 10.5 Å². The quantitative estimate of drug-likeness (QED) is 0.916. The highest BCUT2D eigenvalue weighted by atomic mass is 19.1. The van der Waals surface area contributed by atoms with Crippen LogP contribution in [0.1, 0.15) is 18.9 Å². The average Bonchev–Trinajstić information content (AvgIpc) is 2.37. The number of anilines is 1. The highest BCUT2D eigenvalue weighted by Crippen LogP contribution is 2.29. The van der Waals surface area contributed by atoms with Crippen molar-refractivity contribution in [2.24, 2.45) is 0 Å². The van der Waals surface area contributed by atoms with Gasteiger partial charge in [-0.25, -0.2) is 13.8 Å². The molecular weight excluding hydrogens is 250 g/mol. The number of nitrogens with two attached hydrogens (primary N) is 1. The maximum absolute atomic E-state index is 13.5. The summed E-state index contributed by atoms with van der Waals surface area (Å²) in [4.78, 5) is 4.00. The van der Waals surface area contributed by atoms with E-state index in [1.807, 2.05) is 6.92 Å². The van der Waals surface area contributed by atoms with Gasteiger partial charge in [0.2, 0.25) is 0 Å². The number of pyridine rings is 1. The molecule has 0 bridgehead atoms. The van der Waals surface area contributed by atoms with Crippen LogP contribution in [-0.4, -0.2) is 4.98 Å². The second kappa shape index (κ2) is 5.65. The number of nitrogen functional groups attached to an aromatic ring is 1. The first-order valence-corrected chi connectivity index (χ1v) is 5.97. The number of hydrogen-bond acceptors (Lipinski definition) is 3. The van der Waals surface area contributed by atoms with Gasteiger partial charge in [-0.3, -0.25) is 0 Å². The average molecular weight is 264 g/mol. The van der Waals surface area contributed by atoms with E-state index >= 15 is 0 Å². The van der Waals surface area contributed by atoms with Gasteiger partial charge in [0.15, 0.2) is 23.1 Å². The van der Waals surface area contributed by atoms with Crippen LogP contribution in [-0.2, 0) is 6.42 Å². The molecule has 0 aliphatic heterocycles. The van der Waals surface area contributed by atoms with Crippen molar-refractivity contribution in [3.63, 3.8) is 0 Å². The molecule has 2 aromatic rings. The van der Waals surface area contributed by atoms with Gasteiger partial charge < -0.3 is 10.5 Å². The van der Waals surface area contributed by atoms with Gasteiger partial charge >= 0.3 is 0 Å². The lowest BCUT2D eigenvalue weighted by atomic mass is 10.1. The number of halogens is 2. The molecular formula is C14H14F2N2O. The molecule has 100 valence electrons. The number of nitrogens with zero attached hydrogens (tertiary/aromatic N) is 1. The summed E-state index contributed by atoms with van der Waals surface area (Å²) in [6, 6.07) is 4.82. The molecule has 2 N–H and O–H groups in total. The maximum Gasteiger partial charge on any atom is 0.169 e. The number of rotatable bonds is 4. The molecule has 0 saturated heterocycles. The van der Waals surface area contributed by atoms with Gasteiger partial charge in [0.25, 0.3) is 0 Å². The third kappa shape index (κ3) is 3.19. The molecule has 2 rings (SSSR count). The molecule has 0 unspecified atom stereocenters. The second-order valence-corrected chi connectivity index (χ2v) is 4.15. The zero-order valence-electron chi connectivity index (χ0n) is 10.5. The third-order valence-electron chi connectivity index (χ3n) is 2.59. The molecule has 0 spiro atoms. The zero-order chi connectivity index (χ0) is 13.8. The van der Waals surface area contributed by atoms with Gasteiger partial charge in [-0.05, 0) is 30.2 Å². The van der Waals surface area contributed by atoms with Crippen molar-refractivity contribution in [3.8, 4) is 11.5 Å². The molecule has 0 saturated carbocycles. The number of benzene rings is 1. The standard InChI is InChI=1S/C14H14F2N2O/c1-2-3-9-6-13(14(17)18-8-9)19-12-5-4-10(15)7-11(12)16/h4-8H,2-3H2,1H3,(H2,17,18). The molecule has 1 heterocycles. The molecule has 1 aromatic heterocycles. The van der Waals surface area contributed by atoms with Crippen LogP contribution in [0.5, 0.6) is 11.5 Å². The fourth-order valence-electron chi connectivity index (χ4n) is 1.68. The Morgan fingerprint density at radius 1 is 1.21 bits per heavy atom. The minimum absolute atomic E-state index is 0.0800. The lowest BCUT2D eigenvalue weighted by Gasteiger charge is -2.10. The molecule has 0 radical (unpaired) electrons. The van der Waals surface area contributed by atoms with Crippen LogP contribution in [0.2, 0.25) is 0 Å². The number of ether oxygens (including phenoxy) is 1. The Bertz CT molecular complexity index is 588. The number of aryl methyl sites for hydroxylation is 1. The van der Waals surface area contributed by atoms with Crippen molar-refractivity contribution in [1.82, 2.24) is 4.98 Å². The van der Waals surface area contributed by atoms with E-state index in [4.69, 9.17) is 10.5 Å². The van der Waals surface area contributed by atoms with Gasteiger partial charge in [-0.1, -0.05) is 13.3 Å². The van der Waals surface area contributed by atoms with Crippen molar-refractivity contribution in [1.29, 1.82) is 0 Å². The number of aromatic nitrogens is 1. The minimum Gasteiger partial charge on any atom is -0.450 e. The monoisotopic (exact) mass is 264 g/mol. The Morgan fingerprint density at radius 2 is 2.00 bits per heavy atom. The van der Waals surface area contributed by atoms with Gasteiger partial charge in [0.05, 0.1) is 0 Å². The topological polar surface area (TPSA) is 48.1 Å². The zero-order valence-corrected chi connectivity index (χ0v) is 10.5. The summed E-state index contributed by atoms with van der Waals surface area (Å²) in [5.74, 6) is -1.07. The molecule has 19 heavy (non-hydrogen) atoms. The molecule has 5 heteroatoms. The van der Waals surface area contributed by atoms with E-state index in [0.29, 0.717) is 0 Å². The maximum atomic E-state index is 13.5. The molecule has 0 fully saturated rings. The minimum atomic E-state index is -0.778. The summed E-state index contributed by atoms with van der Waals surface area (Å²) in [6.45, 7) is 2.04. The molecule has 0 aliphatic carbocycles. The first kappa shape index (κ1) is 13.3. The Morgan fingerprint density at radius 3 is 2.68 bits per heavy atom. The van der Waals surface area contributed by atoms with E-state index in [-0.39, 0.29) is 17.3 Å². The second-order valence-electron chi connectivity index (χ2n) is 4.15. The first-order chi connectivity index (χ1) is 9.10. The van der Waals surface area contributed by atoms with E-state index in [1.54, 1.807) is 12.3 Å². The smallest absolute Gasteiger partial charge is 0.169 e. The van der Waals surface area contributed by atoms with Crippen molar-refractivity contribution in [3.05, 3.63) is 47.7 Å². The Balaban J connectivity index is 2.29. The highest BCUT2D eigenvalue weighted by Gasteiger charge is 2.10. The summed E-state index contributed by atoms with van der Waals surface area (Å²) in [5, 5.41) is 0. The number of hydrogen-bond donors (Lipinski definition) is 1. The Kier molecular flexibility index (Phi) is 3.94. The summed E-state index contributed by atoms with van der Waals surface area (Å²) in [5.41, 5.74) is 6.63. The fourth-order valence-corrected chi connectivity index (χ4v) is 1.68. The summed E-state index contributed by atoms with van der Waals surface area (Å²) < 4.78 is 31.6. The molecule has 1 aromatic carbocycles. The largest absolute Gasteiger partial charge is 0.450 e. The van der Waals surface area contributed by atoms with Crippen molar-refractivity contribution >= 4 is 5.82 Å². The summed E-state index contributed by atoms with van der Waals surface area (Å²) in [7, 11) is 0. The molecule has 0 aliphatic rings. The van der Waals surface area contributed by atoms with Crippen LogP contribution >= 0.6 is 0 Å². The fraction of sp³-hybridized carbons (Fsp3) is 0.214. The first-order valence-electron chi connectivity index (χ1n) is 5.97. The van der Waals surface area contributed by atoms with Crippen LogP contribution in [0.4, 0.5) is 14.6 Å². The van der Waals surface area contributed by atoms with Crippen molar-refractivity contribution in [2.45, 2.75) is 19.8 Å². The summed E-state index contributed by atoms with van der Waals surface area (Å²) >= 11 is 0. The van der Waals surface area contributed by atoms with Crippen molar-refractivity contribution < 1.29 is 13.5 Å². The van der Waals surface area contributed by atoms with E-state index in [1.165, 1.54) is 6.07 Å². The predicted octanol–water partition coefficient (Wildman–Crippen LogP) is 3.69. The van der Waals surface area contributed by atoms with E-state index in [0.717, 1.165) is 30.5 Å². The van der Waals surface area contributed by atoms with E-state index < -0.39 is 11.6 Å². The van der Waals surface area contributed by atoms with Crippen molar-refractivity contribution in [2.75, 3.05) is 5.73 Å². The van der Waals surface area contributed by atoms with Crippen LogP contribution in [0.3, 0.4) is 0 Å². The normalized spacial score (nSPS) is 10.5. The third-order valence-corrected chi connectivity index (χ3v) is 2.59. The van der Waals surface area contributed by atoms with E-state index in [2.05, 4.69) is 4.98 Å². The van der Waals surface area contributed by atoms with Crippen LogP contribution in [0, 0.1) is 11.6 Å². The predicted molar refractivity (Wildman–Crippen MR) is 69.1 cm³/mol. The summed E-state index contributed by atoms with van der Waals surface area (Å²) in [6.07, 6.45) is 3.44. The van der Waals surface area contributed by atoms with Gasteiger partial charge in [0.1, 0.15) is 5.82 Å². The molecule has 0 amide bonds. The molecule has 0 atom stereocenters. The van der Waals surface area contributed by atoms with Gasteiger partial charge in [-0.2, -0.15) is 0 Å².